The highest BCUT2D eigenvalue weighted by Crippen LogP contribution is 2.25. The number of thioether (sulfide) groups is 1. The topological polar surface area (TPSA) is 12.9 Å². The van der Waals surface area contributed by atoms with Crippen molar-refractivity contribution in [2.75, 3.05) is 3.76 Å². The molecule has 0 amide bonds. The Labute approximate surface area is 89.3 Å². The van der Waals surface area contributed by atoms with E-state index in [2.05, 4.69) is 50.2 Å². The largest absolute Gasteiger partial charge is 0.237 e. The second-order valence-corrected chi connectivity index (χ2v) is 7.13. The van der Waals surface area contributed by atoms with Crippen molar-refractivity contribution in [2.24, 2.45) is 0 Å². The molecule has 0 aromatic carbocycles. The Morgan fingerprint density at radius 3 is 3.00 bits per heavy atom. The number of hydrogen-bond donors (Lipinski definition) is 0. The highest BCUT2D eigenvalue weighted by Gasteiger charge is 1.96. The lowest BCUT2D eigenvalue weighted by Crippen LogP contribution is -1.62. The molecule has 0 bridgehead atoms. The van der Waals surface area contributed by atoms with Crippen molar-refractivity contribution >= 4 is 68.3 Å². The van der Waals surface area contributed by atoms with Crippen molar-refractivity contribution in [3.05, 3.63) is 9.08 Å². The first-order chi connectivity index (χ1) is 4.33. The van der Waals surface area contributed by atoms with Gasteiger partial charge in [-0.05, 0) is 22.6 Å². The Balaban J connectivity index is 2.61. The molecule has 0 spiro atoms. The van der Waals surface area contributed by atoms with Gasteiger partial charge in [0.2, 0.25) is 0 Å². The molecule has 0 saturated heterocycles. The number of thiazole rings is 1. The molecule has 0 N–H and O–H groups in total. The molecule has 1 nitrogen and oxygen atoms in total. The fourth-order valence-electron chi connectivity index (χ4n) is 0.353. The van der Waals surface area contributed by atoms with E-state index in [4.69, 9.17) is 0 Å². The van der Waals surface area contributed by atoms with Crippen LogP contribution in [0.2, 0.25) is 0 Å². The van der Waals surface area contributed by atoms with Gasteiger partial charge in [0.05, 0.1) is 12.8 Å². The number of aromatic nitrogens is 1. The molecule has 0 atom stereocenters. The number of halogens is 2. The summed E-state index contributed by atoms with van der Waals surface area (Å²) in [5.41, 5.74) is 0. The second-order valence-electron chi connectivity index (χ2n) is 1.18. The molecule has 1 aromatic rings. The summed E-state index contributed by atoms with van der Waals surface area (Å²) in [5, 5.41) is 0. The van der Waals surface area contributed by atoms with Crippen LogP contribution in [0.4, 0.5) is 0 Å². The fraction of sp³-hybridized carbons (Fsp3) is 0.250. The molecule has 1 rings (SSSR count). The lowest BCUT2D eigenvalue weighted by molar-refractivity contribution is 1.25. The quantitative estimate of drug-likeness (QED) is 0.442. The number of nitrogens with zero attached hydrogens (tertiary/aromatic N) is 1. The molecule has 1 heterocycles. The van der Waals surface area contributed by atoms with Gasteiger partial charge in [-0.3, -0.25) is 0 Å². The van der Waals surface area contributed by atoms with Gasteiger partial charge in [0.1, 0.15) is 0 Å². The number of rotatable bonds is 2. The van der Waals surface area contributed by atoms with E-state index >= 15 is 0 Å². The summed E-state index contributed by atoms with van der Waals surface area (Å²) in [6.45, 7) is 0. The minimum atomic E-state index is 1.08. The molecule has 0 unspecified atom stereocenters. The molecule has 0 radical (unpaired) electrons. The van der Waals surface area contributed by atoms with Gasteiger partial charge in [0.25, 0.3) is 0 Å². The molecule has 9 heavy (non-hydrogen) atoms. The van der Waals surface area contributed by atoms with Crippen molar-refractivity contribution in [3.8, 4) is 0 Å². The highest BCUT2D eigenvalue weighted by molar-refractivity contribution is 14.1. The van der Waals surface area contributed by atoms with Gasteiger partial charge in [0, 0.05) is 0 Å². The molecular formula is C4H3I2NS2. The maximum Gasteiger partial charge on any atom is 0.151 e. The van der Waals surface area contributed by atoms with Gasteiger partial charge >= 0.3 is 0 Å². The average Bonchev–Trinajstić information content (AvgIpc) is 2.17. The SMILES string of the molecule is ICSc1ncc(I)s1. The van der Waals surface area contributed by atoms with Crippen LogP contribution in [-0.2, 0) is 0 Å². The van der Waals surface area contributed by atoms with Crippen molar-refractivity contribution < 1.29 is 0 Å². The van der Waals surface area contributed by atoms with Crippen molar-refractivity contribution in [1.29, 1.82) is 0 Å². The zero-order valence-corrected chi connectivity index (χ0v) is 10.3. The Morgan fingerprint density at radius 1 is 1.78 bits per heavy atom. The fourth-order valence-corrected chi connectivity index (χ4v) is 4.37. The molecule has 5 heteroatoms. The Hall–Kier alpha value is 1.44. The van der Waals surface area contributed by atoms with E-state index < -0.39 is 0 Å². The number of hydrogen-bond acceptors (Lipinski definition) is 3. The van der Waals surface area contributed by atoms with E-state index in [1.807, 2.05) is 6.20 Å². The van der Waals surface area contributed by atoms with Crippen LogP contribution in [0, 0.1) is 2.88 Å². The van der Waals surface area contributed by atoms with Crippen LogP contribution in [0.3, 0.4) is 0 Å². The molecule has 0 aliphatic rings. The van der Waals surface area contributed by atoms with E-state index in [1.165, 1.54) is 7.22 Å². The summed E-state index contributed by atoms with van der Waals surface area (Å²) in [4.78, 5) is 4.17. The van der Waals surface area contributed by atoms with Gasteiger partial charge in [-0.25, -0.2) is 4.98 Å². The average molecular weight is 383 g/mol. The third-order valence-corrected chi connectivity index (χ3v) is 4.15. The summed E-state index contributed by atoms with van der Waals surface area (Å²) in [7, 11) is 0. The first-order valence-corrected chi connectivity index (χ1v) is 6.53. The van der Waals surface area contributed by atoms with Gasteiger partial charge in [0.15, 0.2) is 4.34 Å². The highest BCUT2D eigenvalue weighted by atomic mass is 127. The molecule has 0 saturated carbocycles. The molecule has 0 aliphatic heterocycles. The smallest absolute Gasteiger partial charge is 0.151 e. The van der Waals surface area contributed by atoms with Gasteiger partial charge in [-0.2, -0.15) is 0 Å². The Morgan fingerprint density at radius 2 is 2.56 bits per heavy atom. The number of alkyl halides is 1. The first-order valence-electron chi connectivity index (χ1n) is 2.13. The van der Waals surface area contributed by atoms with E-state index in [1.54, 1.807) is 23.1 Å². The van der Waals surface area contributed by atoms with Gasteiger partial charge < -0.3 is 0 Å². The normalized spacial score (nSPS) is 10.0. The summed E-state index contributed by atoms with van der Waals surface area (Å²) >= 11 is 8.14. The monoisotopic (exact) mass is 383 g/mol. The third kappa shape index (κ3) is 2.89. The predicted octanol–water partition coefficient (Wildman–Crippen LogP) is 3.23. The van der Waals surface area contributed by atoms with E-state index in [9.17, 15) is 0 Å². The maximum atomic E-state index is 4.17. The van der Waals surface area contributed by atoms with Crippen molar-refractivity contribution in [2.45, 2.75) is 4.34 Å². The van der Waals surface area contributed by atoms with Crippen LogP contribution in [0.5, 0.6) is 0 Å². The molecule has 1 aromatic heterocycles. The van der Waals surface area contributed by atoms with Crippen molar-refractivity contribution in [1.82, 2.24) is 4.98 Å². The lowest BCUT2D eigenvalue weighted by atomic mass is 11.0. The summed E-state index contributed by atoms with van der Waals surface area (Å²) < 4.78 is 3.52. The Kier molecular flexibility index (Phi) is 4.12. The van der Waals surface area contributed by atoms with Crippen LogP contribution >= 0.6 is 68.3 Å². The standard InChI is InChI=1S/C4H3I2NS2/c5-2-8-4-7-1-3(6)9-4/h1H,2H2. The van der Waals surface area contributed by atoms with E-state index in [-0.39, 0.29) is 0 Å². The van der Waals surface area contributed by atoms with Crippen LogP contribution < -0.4 is 0 Å². The Bertz CT molecular complexity index is 188. The minimum absolute atomic E-state index is 1.08. The van der Waals surface area contributed by atoms with Gasteiger partial charge in [-0.1, -0.05) is 34.4 Å². The molecular weight excluding hydrogens is 380 g/mol. The lowest BCUT2D eigenvalue weighted by Gasteiger charge is -1.83. The predicted molar refractivity (Wildman–Crippen MR) is 59.6 cm³/mol. The van der Waals surface area contributed by atoms with Gasteiger partial charge in [-0.15, -0.1) is 11.3 Å². The third-order valence-electron chi connectivity index (χ3n) is 0.634. The van der Waals surface area contributed by atoms with E-state index in [0.29, 0.717) is 0 Å². The van der Waals surface area contributed by atoms with E-state index in [0.717, 1.165) is 3.76 Å². The maximum absolute atomic E-state index is 4.17. The zero-order valence-electron chi connectivity index (χ0n) is 4.30. The first kappa shape index (κ1) is 8.54. The van der Waals surface area contributed by atoms with Crippen LogP contribution in [-0.4, -0.2) is 8.74 Å². The summed E-state index contributed by atoms with van der Waals surface area (Å²) in [5.74, 6) is 0. The molecule has 0 aliphatic carbocycles. The zero-order chi connectivity index (χ0) is 6.69. The second kappa shape index (κ2) is 4.35. The summed E-state index contributed by atoms with van der Waals surface area (Å²) in [6.07, 6.45) is 1.90. The van der Waals surface area contributed by atoms with Crippen molar-refractivity contribution in [3.63, 3.8) is 0 Å². The summed E-state index contributed by atoms with van der Waals surface area (Å²) in [6, 6.07) is 0. The molecule has 50 valence electrons. The van der Waals surface area contributed by atoms with Crippen LogP contribution in [0.1, 0.15) is 0 Å². The van der Waals surface area contributed by atoms with Crippen LogP contribution in [0.25, 0.3) is 0 Å². The molecule has 0 fully saturated rings. The minimum Gasteiger partial charge on any atom is -0.237 e. The van der Waals surface area contributed by atoms with Crippen LogP contribution in [0.15, 0.2) is 10.5 Å².